The number of rotatable bonds is 4. The SMILES string of the molecule is CCC(CC=C1c2ccccc2CCc2ccccc21)N(C)C. The average molecular weight is 305 g/mol. The molecule has 2 aromatic carbocycles. The zero-order chi connectivity index (χ0) is 16.2. The van der Waals surface area contributed by atoms with Crippen LogP contribution in [0.4, 0.5) is 0 Å². The van der Waals surface area contributed by atoms with Crippen molar-refractivity contribution in [1.82, 2.24) is 4.90 Å². The van der Waals surface area contributed by atoms with Crippen molar-refractivity contribution in [2.75, 3.05) is 14.1 Å². The highest BCUT2D eigenvalue weighted by Crippen LogP contribution is 2.34. The van der Waals surface area contributed by atoms with Crippen LogP contribution >= 0.6 is 0 Å². The van der Waals surface area contributed by atoms with Crippen LogP contribution in [0.1, 0.15) is 42.0 Å². The normalized spacial score (nSPS) is 14.9. The number of nitrogens with zero attached hydrogens (tertiary/aromatic N) is 1. The van der Waals surface area contributed by atoms with E-state index in [0.717, 1.165) is 19.3 Å². The maximum Gasteiger partial charge on any atom is 0.0121 e. The number of hydrogen-bond acceptors (Lipinski definition) is 1. The first-order valence-corrected chi connectivity index (χ1v) is 8.73. The van der Waals surface area contributed by atoms with Crippen molar-refractivity contribution in [3.8, 4) is 0 Å². The smallest absolute Gasteiger partial charge is 0.0121 e. The lowest BCUT2D eigenvalue weighted by Crippen LogP contribution is -2.26. The molecule has 0 amide bonds. The van der Waals surface area contributed by atoms with Crippen molar-refractivity contribution in [2.45, 2.75) is 38.6 Å². The minimum absolute atomic E-state index is 0.602. The molecule has 1 aliphatic rings. The first-order valence-electron chi connectivity index (χ1n) is 8.73. The fraction of sp³-hybridized carbons (Fsp3) is 0.364. The van der Waals surface area contributed by atoms with Gasteiger partial charge in [0.25, 0.3) is 0 Å². The van der Waals surface area contributed by atoms with E-state index in [1.165, 1.54) is 34.2 Å². The van der Waals surface area contributed by atoms with Gasteiger partial charge in [-0.3, -0.25) is 0 Å². The molecule has 0 saturated carbocycles. The second-order valence-corrected chi connectivity index (χ2v) is 6.69. The van der Waals surface area contributed by atoms with Crippen LogP contribution in [-0.2, 0) is 12.8 Å². The van der Waals surface area contributed by atoms with Gasteiger partial charge in [-0.25, -0.2) is 0 Å². The van der Waals surface area contributed by atoms with E-state index in [-0.39, 0.29) is 0 Å². The zero-order valence-corrected chi connectivity index (χ0v) is 14.5. The number of aryl methyl sites for hydroxylation is 2. The summed E-state index contributed by atoms with van der Waals surface area (Å²) in [6.45, 7) is 2.28. The Morgan fingerprint density at radius 2 is 1.43 bits per heavy atom. The lowest BCUT2D eigenvalue weighted by atomic mass is 9.92. The van der Waals surface area contributed by atoms with Gasteiger partial charge >= 0.3 is 0 Å². The average Bonchev–Trinajstić information content (AvgIpc) is 2.73. The van der Waals surface area contributed by atoms with E-state index in [0.29, 0.717) is 6.04 Å². The van der Waals surface area contributed by atoms with Crippen molar-refractivity contribution in [3.05, 3.63) is 76.9 Å². The molecular formula is C22H27N. The standard InChI is InChI=1S/C22H27N/c1-4-19(23(2)3)15-16-22-20-11-7-5-9-17(20)13-14-18-10-6-8-12-21(18)22/h5-12,16,19H,4,13-15H2,1-3H3. The van der Waals surface area contributed by atoms with E-state index in [9.17, 15) is 0 Å². The van der Waals surface area contributed by atoms with Gasteiger partial charge in [0.05, 0.1) is 0 Å². The van der Waals surface area contributed by atoms with Gasteiger partial charge < -0.3 is 4.90 Å². The van der Waals surface area contributed by atoms with E-state index in [2.05, 4.69) is 80.5 Å². The molecule has 2 aromatic rings. The minimum Gasteiger partial charge on any atom is -0.306 e. The summed E-state index contributed by atoms with van der Waals surface area (Å²) in [5.41, 5.74) is 7.23. The molecule has 0 aromatic heterocycles. The van der Waals surface area contributed by atoms with E-state index < -0.39 is 0 Å². The summed E-state index contributed by atoms with van der Waals surface area (Å²) in [4.78, 5) is 2.34. The fourth-order valence-corrected chi connectivity index (χ4v) is 3.63. The number of hydrogen-bond donors (Lipinski definition) is 0. The molecule has 0 bridgehead atoms. The summed E-state index contributed by atoms with van der Waals surface area (Å²) >= 11 is 0. The Hall–Kier alpha value is -1.86. The topological polar surface area (TPSA) is 3.24 Å². The second-order valence-electron chi connectivity index (χ2n) is 6.69. The first kappa shape index (κ1) is 16.0. The van der Waals surface area contributed by atoms with E-state index in [1.807, 2.05) is 0 Å². The van der Waals surface area contributed by atoms with E-state index >= 15 is 0 Å². The molecule has 0 aliphatic heterocycles. The van der Waals surface area contributed by atoms with Crippen LogP contribution in [0.25, 0.3) is 5.57 Å². The van der Waals surface area contributed by atoms with Crippen molar-refractivity contribution >= 4 is 5.57 Å². The Bertz CT molecular complexity index is 647. The zero-order valence-electron chi connectivity index (χ0n) is 14.5. The van der Waals surface area contributed by atoms with Crippen LogP contribution in [0.15, 0.2) is 54.6 Å². The Labute approximate surface area is 140 Å². The summed E-state index contributed by atoms with van der Waals surface area (Å²) in [5, 5.41) is 0. The second kappa shape index (κ2) is 7.14. The molecule has 23 heavy (non-hydrogen) atoms. The fourth-order valence-electron chi connectivity index (χ4n) is 3.63. The molecule has 1 atom stereocenters. The van der Waals surface area contributed by atoms with Crippen molar-refractivity contribution in [1.29, 1.82) is 0 Å². The molecule has 0 heterocycles. The Balaban J connectivity index is 2.06. The number of benzene rings is 2. The van der Waals surface area contributed by atoms with Crippen LogP contribution in [-0.4, -0.2) is 25.0 Å². The summed E-state index contributed by atoms with van der Waals surface area (Å²) < 4.78 is 0. The van der Waals surface area contributed by atoms with Gasteiger partial charge in [-0.15, -0.1) is 0 Å². The van der Waals surface area contributed by atoms with Gasteiger partial charge in [0.1, 0.15) is 0 Å². The largest absolute Gasteiger partial charge is 0.306 e. The molecule has 1 heteroatoms. The predicted molar refractivity (Wildman–Crippen MR) is 99.8 cm³/mol. The molecule has 120 valence electrons. The molecular weight excluding hydrogens is 278 g/mol. The molecule has 1 unspecified atom stereocenters. The molecule has 1 nitrogen and oxygen atoms in total. The van der Waals surface area contributed by atoms with E-state index in [1.54, 1.807) is 0 Å². The van der Waals surface area contributed by atoms with Crippen LogP contribution in [0, 0.1) is 0 Å². The molecule has 0 fully saturated rings. The molecule has 0 spiro atoms. The quantitative estimate of drug-likeness (QED) is 0.772. The third-order valence-corrected chi connectivity index (χ3v) is 5.07. The first-order chi connectivity index (χ1) is 11.2. The monoisotopic (exact) mass is 305 g/mol. The lowest BCUT2D eigenvalue weighted by Gasteiger charge is -2.22. The third-order valence-electron chi connectivity index (χ3n) is 5.07. The van der Waals surface area contributed by atoms with Crippen LogP contribution in [0.5, 0.6) is 0 Å². The summed E-state index contributed by atoms with van der Waals surface area (Å²) in [7, 11) is 4.36. The maximum absolute atomic E-state index is 2.47. The van der Waals surface area contributed by atoms with Crippen molar-refractivity contribution < 1.29 is 0 Å². The van der Waals surface area contributed by atoms with Gasteiger partial charge in [0, 0.05) is 6.04 Å². The Morgan fingerprint density at radius 3 is 1.91 bits per heavy atom. The molecule has 0 saturated heterocycles. The van der Waals surface area contributed by atoms with Gasteiger partial charge in [-0.1, -0.05) is 61.5 Å². The van der Waals surface area contributed by atoms with Gasteiger partial charge in [0.2, 0.25) is 0 Å². The molecule has 1 aliphatic carbocycles. The van der Waals surface area contributed by atoms with Crippen LogP contribution in [0.2, 0.25) is 0 Å². The highest BCUT2D eigenvalue weighted by molar-refractivity contribution is 5.83. The maximum atomic E-state index is 2.47. The highest BCUT2D eigenvalue weighted by Gasteiger charge is 2.18. The van der Waals surface area contributed by atoms with Crippen molar-refractivity contribution in [3.63, 3.8) is 0 Å². The molecule has 3 rings (SSSR count). The Kier molecular flexibility index (Phi) is 4.97. The number of fused-ring (bicyclic) bond motifs is 2. The van der Waals surface area contributed by atoms with Crippen LogP contribution in [0.3, 0.4) is 0 Å². The highest BCUT2D eigenvalue weighted by atomic mass is 15.1. The summed E-state index contributed by atoms with van der Waals surface area (Å²) in [5.74, 6) is 0. The molecule has 0 radical (unpaired) electrons. The Morgan fingerprint density at radius 1 is 0.913 bits per heavy atom. The molecule has 0 N–H and O–H groups in total. The summed E-state index contributed by atoms with van der Waals surface area (Å²) in [6, 6.07) is 18.4. The van der Waals surface area contributed by atoms with E-state index in [4.69, 9.17) is 0 Å². The lowest BCUT2D eigenvalue weighted by molar-refractivity contribution is 0.288. The van der Waals surface area contributed by atoms with Gasteiger partial charge in [0.15, 0.2) is 0 Å². The predicted octanol–water partition coefficient (Wildman–Crippen LogP) is 4.95. The van der Waals surface area contributed by atoms with Gasteiger partial charge in [-0.05, 0) is 67.6 Å². The van der Waals surface area contributed by atoms with Crippen LogP contribution < -0.4 is 0 Å². The van der Waals surface area contributed by atoms with Gasteiger partial charge in [-0.2, -0.15) is 0 Å². The summed E-state index contributed by atoms with van der Waals surface area (Å²) in [6.07, 6.45) is 7.02. The van der Waals surface area contributed by atoms with Crippen molar-refractivity contribution in [2.24, 2.45) is 0 Å². The minimum atomic E-state index is 0.602. The third kappa shape index (κ3) is 3.40.